The molecule has 0 aromatic heterocycles. The Morgan fingerprint density at radius 3 is 2.48 bits per heavy atom. The molecule has 144 valence electrons. The van der Waals surface area contributed by atoms with Crippen molar-refractivity contribution in [1.29, 1.82) is 0 Å². The zero-order chi connectivity index (χ0) is 19.3. The molecule has 1 N–H and O–H groups in total. The van der Waals surface area contributed by atoms with Crippen molar-refractivity contribution < 1.29 is 4.79 Å². The van der Waals surface area contributed by atoms with Crippen LogP contribution >= 0.6 is 11.8 Å². The average molecular weight is 383 g/mol. The molecule has 0 unspecified atom stereocenters. The zero-order valence-electron chi connectivity index (χ0n) is 16.6. The monoisotopic (exact) mass is 382 g/mol. The minimum Gasteiger partial charge on any atom is -0.351 e. The Hall–Kier alpha value is -1.78. The normalized spacial score (nSPS) is 14.6. The van der Waals surface area contributed by atoms with Gasteiger partial charge in [0.25, 0.3) is 5.91 Å². The van der Waals surface area contributed by atoms with E-state index in [-0.39, 0.29) is 10.7 Å². The first kappa shape index (κ1) is 20.0. The smallest absolute Gasteiger partial charge is 0.251 e. The van der Waals surface area contributed by atoms with Gasteiger partial charge in [-0.1, -0.05) is 57.2 Å². The Morgan fingerprint density at radius 2 is 1.78 bits per heavy atom. The summed E-state index contributed by atoms with van der Waals surface area (Å²) in [6.45, 7) is 10.3. The van der Waals surface area contributed by atoms with Gasteiger partial charge in [-0.2, -0.15) is 11.8 Å². The van der Waals surface area contributed by atoms with Crippen molar-refractivity contribution in [3.05, 3.63) is 70.8 Å². The van der Waals surface area contributed by atoms with Crippen molar-refractivity contribution in [3.8, 4) is 0 Å². The molecule has 27 heavy (non-hydrogen) atoms. The maximum absolute atomic E-state index is 12.3. The molecular formula is C23H30N2OS. The van der Waals surface area contributed by atoms with Crippen molar-refractivity contribution in [3.63, 3.8) is 0 Å². The van der Waals surface area contributed by atoms with E-state index in [1.165, 1.54) is 16.7 Å². The molecule has 0 saturated heterocycles. The maximum atomic E-state index is 12.3. The van der Waals surface area contributed by atoms with Crippen molar-refractivity contribution in [1.82, 2.24) is 10.2 Å². The Kier molecular flexibility index (Phi) is 6.61. The summed E-state index contributed by atoms with van der Waals surface area (Å²) in [5.41, 5.74) is 4.91. The highest BCUT2D eigenvalue weighted by Crippen LogP contribution is 2.22. The van der Waals surface area contributed by atoms with Gasteiger partial charge in [0.15, 0.2) is 0 Å². The van der Waals surface area contributed by atoms with E-state index in [1.807, 2.05) is 23.9 Å². The second-order valence-electron chi connectivity index (χ2n) is 8.14. The summed E-state index contributed by atoms with van der Waals surface area (Å²) in [6.07, 6.45) is 1.11. The van der Waals surface area contributed by atoms with Gasteiger partial charge in [0.2, 0.25) is 0 Å². The highest BCUT2D eigenvalue weighted by Gasteiger charge is 2.16. The van der Waals surface area contributed by atoms with E-state index in [0.29, 0.717) is 6.54 Å². The van der Waals surface area contributed by atoms with Crippen LogP contribution in [0.5, 0.6) is 0 Å². The van der Waals surface area contributed by atoms with Gasteiger partial charge in [0, 0.05) is 42.2 Å². The molecule has 1 heterocycles. The van der Waals surface area contributed by atoms with Crippen LogP contribution in [0.1, 0.15) is 47.8 Å². The highest BCUT2D eigenvalue weighted by molar-refractivity contribution is 8.00. The second kappa shape index (κ2) is 8.94. The van der Waals surface area contributed by atoms with Crippen LogP contribution in [0.3, 0.4) is 0 Å². The molecule has 0 bridgehead atoms. The number of nitrogens with one attached hydrogen (secondary N) is 1. The molecule has 3 rings (SSSR count). The Morgan fingerprint density at radius 1 is 1.07 bits per heavy atom. The standard InChI is InChI=1S/C23H30N2OS/c1-23(2,3)27-15-13-24-22(26)20-10-8-18(9-11-20)16-25-14-12-19-6-4-5-7-21(19)17-25/h4-11H,12-17H2,1-3H3,(H,24,26). The summed E-state index contributed by atoms with van der Waals surface area (Å²) < 4.78 is 0.237. The molecule has 1 aliphatic heterocycles. The maximum Gasteiger partial charge on any atom is 0.251 e. The van der Waals surface area contributed by atoms with Crippen LogP contribution in [0.25, 0.3) is 0 Å². The number of rotatable bonds is 6. The number of thioether (sulfide) groups is 1. The van der Waals surface area contributed by atoms with Crippen molar-refractivity contribution in [2.24, 2.45) is 0 Å². The largest absolute Gasteiger partial charge is 0.351 e. The summed E-state index contributed by atoms with van der Waals surface area (Å²) in [6, 6.07) is 16.8. The third-order valence-corrected chi connectivity index (χ3v) is 6.03. The fourth-order valence-electron chi connectivity index (χ4n) is 3.33. The number of nitrogens with zero attached hydrogens (tertiary/aromatic N) is 1. The predicted molar refractivity (Wildman–Crippen MR) is 115 cm³/mol. The number of fused-ring (bicyclic) bond motifs is 1. The first-order valence-electron chi connectivity index (χ1n) is 9.71. The minimum absolute atomic E-state index is 0.0166. The van der Waals surface area contributed by atoms with Gasteiger partial charge < -0.3 is 5.32 Å². The van der Waals surface area contributed by atoms with Crippen LogP contribution in [0.4, 0.5) is 0 Å². The molecule has 0 spiro atoms. The Bertz CT molecular complexity index is 765. The molecule has 2 aromatic carbocycles. The fourth-order valence-corrected chi connectivity index (χ4v) is 4.15. The first-order valence-corrected chi connectivity index (χ1v) is 10.7. The van der Waals surface area contributed by atoms with E-state index < -0.39 is 0 Å². The first-order chi connectivity index (χ1) is 12.9. The van der Waals surface area contributed by atoms with Crippen LogP contribution in [0, 0.1) is 0 Å². The van der Waals surface area contributed by atoms with Gasteiger partial charge >= 0.3 is 0 Å². The zero-order valence-corrected chi connectivity index (χ0v) is 17.4. The fraction of sp³-hybridized carbons (Fsp3) is 0.435. The summed E-state index contributed by atoms with van der Waals surface area (Å²) in [7, 11) is 0. The number of hydrogen-bond acceptors (Lipinski definition) is 3. The van der Waals surface area contributed by atoms with Crippen molar-refractivity contribution in [2.75, 3.05) is 18.8 Å². The summed E-state index contributed by atoms with van der Waals surface area (Å²) in [4.78, 5) is 14.8. The van der Waals surface area contributed by atoms with E-state index in [4.69, 9.17) is 0 Å². The van der Waals surface area contributed by atoms with E-state index in [2.05, 4.69) is 67.4 Å². The molecule has 1 amide bonds. The molecule has 2 aromatic rings. The molecule has 0 saturated carbocycles. The van der Waals surface area contributed by atoms with Gasteiger partial charge in [-0.05, 0) is 35.2 Å². The van der Waals surface area contributed by atoms with Crippen LogP contribution < -0.4 is 5.32 Å². The van der Waals surface area contributed by atoms with Gasteiger partial charge in [-0.15, -0.1) is 0 Å². The average Bonchev–Trinajstić information content (AvgIpc) is 2.65. The molecule has 3 nitrogen and oxygen atoms in total. The molecule has 0 aliphatic carbocycles. The lowest BCUT2D eigenvalue weighted by Gasteiger charge is -2.28. The van der Waals surface area contributed by atoms with E-state index in [9.17, 15) is 4.79 Å². The third kappa shape index (κ3) is 6.12. The number of carbonyl (C=O) groups is 1. The lowest BCUT2D eigenvalue weighted by Crippen LogP contribution is -2.30. The lowest BCUT2D eigenvalue weighted by atomic mass is 9.99. The molecule has 0 fully saturated rings. The number of amides is 1. The van der Waals surface area contributed by atoms with Gasteiger partial charge in [0.1, 0.15) is 0 Å². The SMILES string of the molecule is CC(C)(C)SCCNC(=O)c1ccc(CN2CCc3ccccc3C2)cc1. The van der Waals surface area contributed by atoms with Crippen molar-refractivity contribution in [2.45, 2.75) is 45.0 Å². The molecular weight excluding hydrogens is 352 g/mol. The van der Waals surface area contributed by atoms with E-state index in [1.54, 1.807) is 0 Å². The van der Waals surface area contributed by atoms with E-state index >= 15 is 0 Å². The van der Waals surface area contributed by atoms with Gasteiger partial charge in [0.05, 0.1) is 0 Å². The van der Waals surface area contributed by atoms with Crippen molar-refractivity contribution >= 4 is 17.7 Å². The number of carbonyl (C=O) groups excluding carboxylic acids is 1. The lowest BCUT2D eigenvalue weighted by molar-refractivity contribution is 0.0956. The van der Waals surface area contributed by atoms with E-state index in [0.717, 1.165) is 37.4 Å². The molecule has 0 atom stereocenters. The quantitative estimate of drug-likeness (QED) is 0.746. The summed E-state index contributed by atoms with van der Waals surface area (Å²) >= 11 is 1.87. The summed E-state index contributed by atoms with van der Waals surface area (Å²) in [5, 5.41) is 3.01. The molecule has 0 radical (unpaired) electrons. The van der Waals surface area contributed by atoms with Crippen LogP contribution in [-0.2, 0) is 19.5 Å². The van der Waals surface area contributed by atoms with Crippen LogP contribution in [-0.4, -0.2) is 34.4 Å². The van der Waals surface area contributed by atoms with Crippen LogP contribution in [0.15, 0.2) is 48.5 Å². The summed E-state index contributed by atoms with van der Waals surface area (Å²) in [5.74, 6) is 0.951. The third-order valence-electron chi connectivity index (χ3n) is 4.75. The predicted octanol–water partition coefficient (Wildman–Crippen LogP) is 4.51. The Labute approximate surface area is 167 Å². The van der Waals surface area contributed by atoms with Gasteiger partial charge in [-0.25, -0.2) is 0 Å². The second-order valence-corrected chi connectivity index (χ2v) is 10.1. The molecule has 1 aliphatic rings. The number of hydrogen-bond donors (Lipinski definition) is 1. The molecule has 4 heteroatoms. The minimum atomic E-state index is 0.0166. The Balaban J connectivity index is 1.48. The van der Waals surface area contributed by atoms with Crippen LogP contribution in [0.2, 0.25) is 0 Å². The highest BCUT2D eigenvalue weighted by atomic mass is 32.2. The topological polar surface area (TPSA) is 32.3 Å². The van der Waals surface area contributed by atoms with Gasteiger partial charge in [-0.3, -0.25) is 9.69 Å². The number of benzene rings is 2.